The van der Waals surface area contributed by atoms with Crippen LogP contribution in [0, 0.1) is 0 Å². The molecule has 0 saturated heterocycles. The molecule has 8 heteroatoms. The van der Waals surface area contributed by atoms with E-state index in [1.54, 1.807) is 0 Å². The zero-order valence-electron chi connectivity index (χ0n) is 14.3. The second-order valence-corrected chi connectivity index (χ2v) is 6.16. The zero-order valence-corrected chi connectivity index (χ0v) is 14.3. The Morgan fingerprint density at radius 2 is 2.24 bits per heavy atom. The molecule has 0 radical (unpaired) electrons. The summed E-state index contributed by atoms with van der Waals surface area (Å²) >= 11 is 0. The number of carbonyl (C=O) groups excluding carboxylic acids is 1. The van der Waals surface area contributed by atoms with Crippen molar-refractivity contribution in [2.24, 2.45) is 0 Å². The van der Waals surface area contributed by atoms with Crippen molar-refractivity contribution >= 4 is 5.91 Å². The fourth-order valence-corrected chi connectivity index (χ4v) is 3.17. The minimum Gasteiger partial charge on any atom is -0.376 e. The van der Waals surface area contributed by atoms with Crippen LogP contribution < -0.4 is 10.9 Å². The van der Waals surface area contributed by atoms with E-state index in [2.05, 4.69) is 20.6 Å². The molecule has 2 aromatic heterocycles. The van der Waals surface area contributed by atoms with Crippen molar-refractivity contribution in [1.29, 1.82) is 0 Å². The first-order chi connectivity index (χ1) is 12.2. The number of rotatable bonds is 6. The first-order valence-corrected chi connectivity index (χ1v) is 8.66. The monoisotopic (exact) mass is 345 g/mol. The van der Waals surface area contributed by atoms with E-state index in [1.165, 1.54) is 24.8 Å². The van der Waals surface area contributed by atoms with E-state index < -0.39 is 0 Å². The molecule has 2 atom stereocenters. The SMILES string of the molecule is CCO[C@@H]1CCCC[C@H]1n1cc(CNC(=O)c2ccc(=O)[nH]c2)nn1. The van der Waals surface area contributed by atoms with Crippen molar-refractivity contribution in [1.82, 2.24) is 25.3 Å². The summed E-state index contributed by atoms with van der Waals surface area (Å²) in [7, 11) is 0. The lowest BCUT2D eigenvalue weighted by Gasteiger charge is -2.30. The van der Waals surface area contributed by atoms with Crippen LogP contribution in [0.3, 0.4) is 0 Å². The fourth-order valence-electron chi connectivity index (χ4n) is 3.17. The summed E-state index contributed by atoms with van der Waals surface area (Å²) in [6, 6.07) is 3.01. The van der Waals surface area contributed by atoms with Crippen LogP contribution >= 0.6 is 0 Å². The quantitative estimate of drug-likeness (QED) is 0.824. The van der Waals surface area contributed by atoms with Gasteiger partial charge in [-0.05, 0) is 25.8 Å². The summed E-state index contributed by atoms with van der Waals surface area (Å²) < 4.78 is 7.70. The van der Waals surface area contributed by atoms with Crippen LogP contribution in [-0.4, -0.2) is 38.6 Å². The maximum Gasteiger partial charge on any atom is 0.253 e. The first kappa shape index (κ1) is 17.3. The Morgan fingerprint density at radius 3 is 3.00 bits per heavy atom. The van der Waals surface area contributed by atoms with Gasteiger partial charge in [-0.1, -0.05) is 18.1 Å². The molecule has 25 heavy (non-hydrogen) atoms. The van der Waals surface area contributed by atoms with Crippen molar-refractivity contribution in [3.8, 4) is 0 Å². The molecule has 0 aromatic carbocycles. The highest BCUT2D eigenvalue weighted by Crippen LogP contribution is 2.30. The van der Waals surface area contributed by atoms with Crippen molar-refractivity contribution in [2.75, 3.05) is 6.61 Å². The van der Waals surface area contributed by atoms with Gasteiger partial charge in [0.2, 0.25) is 5.56 Å². The molecular formula is C17H23N5O3. The van der Waals surface area contributed by atoms with E-state index in [0.717, 1.165) is 19.3 Å². The predicted molar refractivity (Wildman–Crippen MR) is 91.2 cm³/mol. The molecule has 2 aromatic rings. The largest absolute Gasteiger partial charge is 0.376 e. The molecule has 0 bridgehead atoms. The summed E-state index contributed by atoms with van der Waals surface area (Å²) in [4.78, 5) is 25.6. The van der Waals surface area contributed by atoms with Gasteiger partial charge in [-0.15, -0.1) is 5.10 Å². The van der Waals surface area contributed by atoms with Gasteiger partial charge in [-0.25, -0.2) is 4.68 Å². The van der Waals surface area contributed by atoms with E-state index in [4.69, 9.17) is 4.74 Å². The van der Waals surface area contributed by atoms with Crippen molar-refractivity contribution in [2.45, 2.75) is 51.3 Å². The third-order valence-electron chi connectivity index (χ3n) is 4.42. The van der Waals surface area contributed by atoms with Crippen LogP contribution in [0.2, 0.25) is 0 Å². The van der Waals surface area contributed by atoms with Crippen LogP contribution in [0.15, 0.2) is 29.3 Å². The maximum atomic E-state index is 12.1. The topological polar surface area (TPSA) is 102 Å². The van der Waals surface area contributed by atoms with Crippen molar-refractivity contribution in [3.63, 3.8) is 0 Å². The highest BCUT2D eigenvalue weighted by Gasteiger charge is 2.28. The van der Waals surface area contributed by atoms with Gasteiger partial charge in [0, 0.05) is 18.9 Å². The van der Waals surface area contributed by atoms with E-state index in [9.17, 15) is 9.59 Å². The normalized spacial score (nSPS) is 20.4. The van der Waals surface area contributed by atoms with Crippen LogP contribution in [0.4, 0.5) is 0 Å². The summed E-state index contributed by atoms with van der Waals surface area (Å²) in [5.41, 5.74) is 0.852. The Bertz CT molecular complexity index is 747. The highest BCUT2D eigenvalue weighted by molar-refractivity contribution is 5.93. The Balaban J connectivity index is 1.60. The van der Waals surface area contributed by atoms with Gasteiger partial charge in [0.15, 0.2) is 0 Å². The average molecular weight is 345 g/mol. The van der Waals surface area contributed by atoms with Crippen LogP contribution in [0.1, 0.15) is 54.7 Å². The summed E-state index contributed by atoms with van der Waals surface area (Å²) in [6.45, 7) is 2.98. The second kappa shape index (κ2) is 8.06. The summed E-state index contributed by atoms with van der Waals surface area (Å²) in [5.74, 6) is -0.268. The molecular weight excluding hydrogens is 322 g/mol. The summed E-state index contributed by atoms with van der Waals surface area (Å²) in [6.07, 6.45) is 7.83. The van der Waals surface area contributed by atoms with E-state index in [-0.39, 0.29) is 30.2 Å². The van der Waals surface area contributed by atoms with Crippen molar-refractivity contribution < 1.29 is 9.53 Å². The molecule has 2 N–H and O–H groups in total. The number of amides is 1. The number of hydrogen-bond donors (Lipinski definition) is 2. The number of aromatic amines is 1. The number of ether oxygens (including phenoxy) is 1. The van der Waals surface area contributed by atoms with E-state index in [1.807, 2.05) is 17.8 Å². The second-order valence-electron chi connectivity index (χ2n) is 6.16. The number of H-pyrrole nitrogens is 1. The van der Waals surface area contributed by atoms with Gasteiger partial charge in [-0.3, -0.25) is 9.59 Å². The molecule has 1 saturated carbocycles. The Morgan fingerprint density at radius 1 is 1.40 bits per heavy atom. The lowest BCUT2D eigenvalue weighted by Crippen LogP contribution is -2.30. The smallest absolute Gasteiger partial charge is 0.253 e. The number of nitrogens with zero attached hydrogens (tertiary/aromatic N) is 3. The number of carbonyl (C=O) groups is 1. The van der Waals surface area contributed by atoms with E-state index >= 15 is 0 Å². The third kappa shape index (κ3) is 4.33. The minimum atomic E-state index is -0.268. The molecule has 1 amide bonds. The van der Waals surface area contributed by atoms with E-state index in [0.29, 0.717) is 17.9 Å². The Labute approximate surface area is 145 Å². The lowest BCUT2D eigenvalue weighted by atomic mass is 9.92. The summed E-state index contributed by atoms with van der Waals surface area (Å²) in [5, 5.41) is 11.2. The number of nitrogens with one attached hydrogen (secondary N) is 2. The van der Waals surface area contributed by atoms with Crippen LogP contribution in [-0.2, 0) is 11.3 Å². The first-order valence-electron chi connectivity index (χ1n) is 8.66. The van der Waals surface area contributed by atoms with Crippen molar-refractivity contribution in [3.05, 3.63) is 46.1 Å². The predicted octanol–water partition coefficient (Wildman–Crippen LogP) is 1.42. The van der Waals surface area contributed by atoms with Gasteiger partial charge in [-0.2, -0.15) is 0 Å². The number of aromatic nitrogens is 4. The molecule has 134 valence electrons. The number of pyridine rings is 1. The highest BCUT2D eigenvalue weighted by atomic mass is 16.5. The van der Waals surface area contributed by atoms with Gasteiger partial charge in [0.1, 0.15) is 5.69 Å². The molecule has 0 unspecified atom stereocenters. The maximum absolute atomic E-state index is 12.1. The van der Waals surface area contributed by atoms with Gasteiger partial charge >= 0.3 is 0 Å². The van der Waals surface area contributed by atoms with Crippen LogP contribution in [0.25, 0.3) is 0 Å². The average Bonchev–Trinajstić information content (AvgIpc) is 3.10. The number of hydrogen-bond acceptors (Lipinski definition) is 5. The Kier molecular flexibility index (Phi) is 5.60. The molecule has 2 heterocycles. The third-order valence-corrected chi connectivity index (χ3v) is 4.42. The molecule has 1 aliphatic carbocycles. The Hall–Kier alpha value is -2.48. The molecule has 3 rings (SSSR count). The molecule has 0 spiro atoms. The lowest BCUT2D eigenvalue weighted by molar-refractivity contribution is -0.00334. The van der Waals surface area contributed by atoms with Gasteiger partial charge in [0.05, 0.1) is 30.5 Å². The van der Waals surface area contributed by atoms with Crippen LogP contribution in [0.5, 0.6) is 0 Å². The zero-order chi connectivity index (χ0) is 17.6. The van der Waals surface area contributed by atoms with Gasteiger partial charge in [0.25, 0.3) is 5.91 Å². The minimum absolute atomic E-state index is 0.170. The molecule has 0 aliphatic heterocycles. The fraction of sp³-hybridized carbons (Fsp3) is 0.529. The molecule has 1 fully saturated rings. The molecule has 1 aliphatic rings. The standard InChI is InChI=1S/C17H23N5O3/c1-2-25-15-6-4-3-5-14(15)22-11-13(20-21-22)10-19-17(24)12-7-8-16(23)18-9-12/h7-9,11,14-15H,2-6,10H2,1H3,(H,18,23)(H,19,24)/t14-,15-/m1/s1. The van der Waals surface area contributed by atoms with Gasteiger partial charge < -0.3 is 15.0 Å². The molecule has 8 nitrogen and oxygen atoms in total.